The van der Waals surface area contributed by atoms with Crippen LogP contribution < -0.4 is 53.6 Å². The van der Waals surface area contributed by atoms with Gasteiger partial charge < -0.3 is 94.4 Å². The number of hydrogen-bond acceptors (Lipinski definition) is 18. The van der Waals surface area contributed by atoms with Crippen LogP contribution in [0, 0.1) is 11.8 Å². The third-order valence-electron chi connectivity index (χ3n) is 10.7. The Morgan fingerprint density at radius 3 is 1.19 bits per heavy atom. The van der Waals surface area contributed by atoms with Crippen LogP contribution in [-0.4, -0.2) is 204 Å². The van der Waals surface area contributed by atoms with Crippen LogP contribution in [0.15, 0.2) is 0 Å². The van der Waals surface area contributed by atoms with Gasteiger partial charge in [-0.25, -0.2) is 4.79 Å². The first kappa shape index (κ1) is 65.9. The van der Waals surface area contributed by atoms with Gasteiger partial charge in [0.25, 0.3) is 0 Å². The van der Waals surface area contributed by atoms with Gasteiger partial charge in [-0.05, 0) is 44.9 Å². The van der Waals surface area contributed by atoms with Crippen molar-refractivity contribution in [3.63, 3.8) is 0 Å². The smallest absolute Gasteiger partial charge is 0.326 e. The number of carbonyl (C=O) groups excluding carboxylic acids is 9. The van der Waals surface area contributed by atoms with Crippen molar-refractivity contribution in [3.8, 4) is 0 Å². The van der Waals surface area contributed by atoms with E-state index in [0.29, 0.717) is 0 Å². The lowest BCUT2D eigenvalue weighted by Gasteiger charge is -2.30. The van der Waals surface area contributed by atoms with Gasteiger partial charge in [0.1, 0.15) is 54.4 Å². The van der Waals surface area contributed by atoms with Gasteiger partial charge in [0.2, 0.25) is 53.2 Å². The standard InChI is InChI=1S/C42H70N10O21/c1-7-18(4)31(51-41(71)32(20(6)56)52-34(64)21(43)12-17(2)3)40(70)45-22(8-10-28(57)58)35(65)48-26(15-54)38(68)50-27(16-55)39(69)49-25(14-53)37(67)47-24(13-30(61)62)36(66)44-19(5)33(63)46-23(42(72)73)9-11-29(59)60/h17-27,31-32,53-56H,7-16,43H2,1-6H3,(H,44,66)(H,45,70)(H,46,63)(H,47,67)(H,48,65)(H,49,69)(H,50,68)(H,51,71)(H,52,64)(H,57,58)(H,59,60)(H,61,62)(H,72,73)/t18-,19-,20+,21-,22-,23-,24-,25-,26-,27-,31-,32-/m0/s1. The van der Waals surface area contributed by atoms with Crippen LogP contribution in [-0.2, 0) is 62.3 Å². The Morgan fingerprint density at radius 1 is 0.438 bits per heavy atom. The van der Waals surface area contributed by atoms with Gasteiger partial charge in [-0.15, -0.1) is 0 Å². The first-order valence-electron chi connectivity index (χ1n) is 22.8. The largest absolute Gasteiger partial charge is 0.481 e. The minimum atomic E-state index is -2.05. The zero-order valence-corrected chi connectivity index (χ0v) is 41.0. The second kappa shape index (κ2) is 32.8. The average Bonchev–Trinajstić information content (AvgIpc) is 3.30. The summed E-state index contributed by atoms with van der Waals surface area (Å²) >= 11 is 0. The molecule has 0 aliphatic carbocycles. The fraction of sp³-hybridized carbons (Fsp3) is 0.690. The quantitative estimate of drug-likeness (QED) is 0.0280. The number of nitrogens with one attached hydrogen (secondary N) is 9. The van der Waals surface area contributed by atoms with Crippen LogP contribution in [0.3, 0.4) is 0 Å². The van der Waals surface area contributed by atoms with E-state index in [2.05, 4.69) is 21.3 Å². The molecular weight excluding hydrogens is 981 g/mol. The van der Waals surface area contributed by atoms with Crippen LogP contribution >= 0.6 is 0 Å². The van der Waals surface area contributed by atoms with Crippen LogP contribution in [0.2, 0.25) is 0 Å². The number of hydrogen-bond donors (Lipinski definition) is 18. The van der Waals surface area contributed by atoms with E-state index in [1.165, 1.54) is 13.8 Å². The molecule has 31 heteroatoms. The number of carboxylic acids is 4. The minimum absolute atomic E-state index is 0.000899. The molecule has 73 heavy (non-hydrogen) atoms. The predicted molar refractivity (Wildman–Crippen MR) is 247 cm³/mol. The molecule has 0 aliphatic heterocycles. The highest BCUT2D eigenvalue weighted by molar-refractivity contribution is 5.99. The second-order valence-corrected chi connectivity index (χ2v) is 17.3. The van der Waals surface area contributed by atoms with Crippen molar-refractivity contribution < 1.29 is 103 Å². The summed E-state index contributed by atoms with van der Waals surface area (Å²) in [6, 6.07) is -17.3. The molecule has 414 valence electrons. The first-order chi connectivity index (χ1) is 33.9. The Labute approximate surface area is 417 Å². The molecule has 0 bridgehead atoms. The van der Waals surface area contributed by atoms with E-state index in [1.54, 1.807) is 20.8 Å². The van der Waals surface area contributed by atoms with Gasteiger partial charge in [0.05, 0.1) is 38.4 Å². The van der Waals surface area contributed by atoms with Crippen LogP contribution in [0.1, 0.15) is 86.5 Å². The summed E-state index contributed by atoms with van der Waals surface area (Å²) in [5.74, 6) is -17.7. The van der Waals surface area contributed by atoms with Crippen molar-refractivity contribution in [2.24, 2.45) is 17.6 Å². The summed E-state index contributed by atoms with van der Waals surface area (Å²) in [5.41, 5.74) is 5.92. The molecule has 0 aromatic heterocycles. The van der Waals surface area contributed by atoms with Gasteiger partial charge in [0, 0.05) is 12.8 Å². The van der Waals surface area contributed by atoms with Crippen LogP contribution in [0.25, 0.3) is 0 Å². The van der Waals surface area contributed by atoms with E-state index in [-0.39, 0.29) is 18.8 Å². The molecule has 0 aromatic rings. The minimum Gasteiger partial charge on any atom is -0.481 e. The SMILES string of the molecule is CC[C@H](C)[C@H](NC(=O)[C@@H](NC(=O)[C@@H](N)CC(C)C)[C@@H](C)O)C(=O)N[C@@H](CCC(=O)O)C(=O)N[C@@H](CO)C(=O)N[C@@H](CO)C(=O)N[C@@H](CO)C(=O)N[C@@H](CC(=O)O)C(=O)N[C@@H](C)C(=O)N[C@@H](CCC(=O)O)C(=O)O. The molecule has 0 unspecified atom stereocenters. The summed E-state index contributed by atoms with van der Waals surface area (Å²) in [4.78, 5) is 164. The number of amides is 9. The van der Waals surface area contributed by atoms with E-state index < -0.39 is 201 Å². The molecule has 0 aliphatic rings. The van der Waals surface area contributed by atoms with E-state index in [4.69, 9.17) is 10.8 Å². The number of aliphatic hydroxyl groups is 4. The summed E-state index contributed by atoms with van der Waals surface area (Å²) < 4.78 is 0. The Balaban J connectivity index is 6.16. The Bertz CT molecular complexity index is 1970. The Kier molecular flexibility index (Phi) is 29.6. The maximum absolute atomic E-state index is 13.7. The number of aliphatic hydroxyl groups excluding tert-OH is 4. The highest BCUT2D eigenvalue weighted by Gasteiger charge is 2.37. The van der Waals surface area contributed by atoms with Crippen molar-refractivity contribution in [3.05, 3.63) is 0 Å². The van der Waals surface area contributed by atoms with Crippen molar-refractivity contribution in [1.29, 1.82) is 0 Å². The molecule has 0 rings (SSSR count). The summed E-state index contributed by atoms with van der Waals surface area (Å²) in [5, 5.41) is 96.2. The molecule has 0 heterocycles. The van der Waals surface area contributed by atoms with E-state index >= 15 is 0 Å². The third-order valence-corrected chi connectivity index (χ3v) is 10.7. The predicted octanol–water partition coefficient (Wildman–Crippen LogP) is -7.56. The molecule has 9 amide bonds. The molecule has 12 atom stereocenters. The number of carbonyl (C=O) groups is 13. The Hall–Kier alpha value is -7.09. The van der Waals surface area contributed by atoms with Crippen molar-refractivity contribution in [2.45, 2.75) is 153 Å². The molecule has 0 saturated carbocycles. The van der Waals surface area contributed by atoms with Crippen molar-refractivity contribution in [1.82, 2.24) is 47.9 Å². The monoisotopic (exact) mass is 1050 g/mol. The number of aliphatic carboxylic acids is 4. The van der Waals surface area contributed by atoms with E-state index in [1.807, 2.05) is 26.6 Å². The molecule has 0 aromatic carbocycles. The normalized spacial score (nSPS) is 16.0. The first-order valence-corrected chi connectivity index (χ1v) is 22.8. The average molecular weight is 1050 g/mol. The number of nitrogens with two attached hydrogens (primary N) is 1. The number of carboxylic acid groups (broad SMARTS) is 4. The van der Waals surface area contributed by atoms with Crippen LogP contribution in [0.4, 0.5) is 0 Å². The zero-order valence-electron chi connectivity index (χ0n) is 41.0. The van der Waals surface area contributed by atoms with Gasteiger partial charge in [-0.2, -0.15) is 0 Å². The molecular formula is C42H70N10O21. The fourth-order valence-electron chi connectivity index (χ4n) is 6.28. The van der Waals surface area contributed by atoms with Gasteiger partial charge in [0.15, 0.2) is 0 Å². The molecule has 0 spiro atoms. The van der Waals surface area contributed by atoms with Gasteiger partial charge >= 0.3 is 23.9 Å². The maximum Gasteiger partial charge on any atom is 0.326 e. The fourth-order valence-corrected chi connectivity index (χ4v) is 6.28. The van der Waals surface area contributed by atoms with Crippen LogP contribution in [0.5, 0.6) is 0 Å². The molecule has 0 radical (unpaired) electrons. The second-order valence-electron chi connectivity index (χ2n) is 17.3. The van der Waals surface area contributed by atoms with Crippen molar-refractivity contribution in [2.75, 3.05) is 19.8 Å². The lowest BCUT2D eigenvalue weighted by Crippen LogP contribution is -2.62. The molecule has 0 fully saturated rings. The maximum atomic E-state index is 13.7. The zero-order chi connectivity index (χ0) is 56.4. The van der Waals surface area contributed by atoms with Gasteiger partial charge in [-0.3, -0.25) is 57.5 Å². The summed E-state index contributed by atoms with van der Waals surface area (Å²) in [6.45, 7) is 5.26. The Morgan fingerprint density at radius 2 is 0.808 bits per heavy atom. The highest BCUT2D eigenvalue weighted by Crippen LogP contribution is 2.12. The third kappa shape index (κ3) is 24.3. The highest BCUT2D eigenvalue weighted by atomic mass is 16.4. The molecule has 31 nitrogen and oxygen atoms in total. The van der Waals surface area contributed by atoms with Crippen molar-refractivity contribution >= 4 is 77.0 Å². The van der Waals surface area contributed by atoms with Gasteiger partial charge in [-0.1, -0.05) is 34.1 Å². The lowest BCUT2D eigenvalue weighted by molar-refractivity contribution is -0.144. The molecule has 19 N–H and O–H groups in total. The van der Waals surface area contributed by atoms with E-state index in [0.717, 1.165) is 6.92 Å². The number of rotatable bonds is 35. The topological polar surface area (TPSA) is 518 Å². The summed E-state index contributed by atoms with van der Waals surface area (Å²) in [7, 11) is 0. The van der Waals surface area contributed by atoms with E-state index in [9.17, 15) is 98.1 Å². The molecule has 0 saturated heterocycles. The lowest BCUT2D eigenvalue weighted by atomic mass is 9.96. The summed E-state index contributed by atoms with van der Waals surface area (Å²) in [6.07, 6.45) is -4.76.